The summed E-state index contributed by atoms with van der Waals surface area (Å²) in [5, 5.41) is 3.11. The van der Waals surface area contributed by atoms with Crippen molar-refractivity contribution in [2.75, 3.05) is 11.9 Å². The minimum atomic E-state index is -0.353. The van der Waals surface area contributed by atoms with Crippen LogP contribution in [0.25, 0.3) is 11.1 Å². The largest absolute Gasteiger partial charge is 0.349 e. The van der Waals surface area contributed by atoms with Crippen LogP contribution in [0, 0.1) is 11.7 Å². The molecule has 0 spiro atoms. The molecule has 1 aromatic heterocycles. The number of nitrogens with zero attached hydrogens (tertiary/aromatic N) is 2. The molecule has 5 nitrogen and oxygen atoms in total. The number of amides is 2. The van der Waals surface area contributed by atoms with E-state index in [1.807, 2.05) is 13.0 Å². The normalized spacial score (nSPS) is 20.8. The monoisotopic (exact) mass is 395 g/mol. The lowest BCUT2D eigenvalue weighted by Gasteiger charge is -2.33. The summed E-state index contributed by atoms with van der Waals surface area (Å²) in [5.41, 5.74) is 4.95. The van der Waals surface area contributed by atoms with Crippen molar-refractivity contribution in [3.8, 4) is 11.1 Å². The van der Waals surface area contributed by atoms with Crippen molar-refractivity contribution >= 4 is 17.5 Å². The number of carbonyl (C=O) groups excluding carboxylic acids is 2. The maximum Gasteiger partial charge on any atom is 0.227 e. The lowest BCUT2D eigenvalue weighted by Crippen LogP contribution is -2.35. The standard InChI is InChI=1S/C23H26FN3O2/c1-4-21(28)26-23-13(2)5-7-15-17(11-25-12-18(15)23)16-9-14-6-8-22(29)27(3)20(14)10-19(16)24/h9-13,23H,4-8H2,1-3H3,(H,26,28)/t13?,23-/m0/s1. The zero-order valence-electron chi connectivity index (χ0n) is 17.1. The third-order valence-corrected chi connectivity index (χ3v) is 6.28. The average Bonchev–Trinajstić information content (AvgIpc) is 2.72. The molecule has 2 aliphatic rings. The number of hydrogen-bond donors (Lipinski definition) is 1. The topological polar surface area (TPSA) is 62.3 Å². The van der Waals surface area contributed by atoms with Crippen molar-refractivity contribution in [1.82, 2.24) is 10.3 Å². The molecule has 1 aromatic carbocycles. The van der Waals surface area contributed by atoms with E-state index in [4.69, 9.17) is 0 Å². The molecule has 2 amide bonds. The minimum absolute atomic E-state index is 0.00639. The molecule has 2 atom stereocenters. The van der Waals surface area contributed by atoms with Crippen LogP contribution < -0.4 is 10.2 Å². The van der Waals surface area contributed by atoms with Gasteiger partial charge in [-0.2, -0.15) is 0 Å². The van der Waals surface area contributed by atoms with Crippen molar-refractivity contribution < 1.29 is 14.0 Å². The summed E-state index contributed by atoms with van der Waals surface area (Å²) in [6.07, 6.45) is 6.73. The van der Waals surface area contributed by atoms with Gasteiger partial charge in [0.25, 0.3) is 0 Å². The minimum Gasteiger partial charge on any atom is -0.349 e. The van der Waals surface area contributed by atoms with Crippen molar-refractivity contribution in [3.63, 3.8) is 0 Å². The number of hydrogen-bond acceptors (Lipinski definition) is 3. The molecular weight excluding hydrogens is 369 g/mol. The van der Waals surface area contributed by atoms with E-state index in [0.717, 1.165) is 35.1 Å². The molecule has 1 unspecified atom stereocenters. The second-order valence-corrected chi connectivity index (χ2v) is 8.08. The third-order valence-electron chi connectivity index (χ3n) is 6.28. The van der Waals surface area contributed by atoms with Gasteiger partial charge in [0, 0.05) is 49.1 Å². The highest BCUT2D eigenvalue weighted by Gasteiger charge is 2.31. The van der Waals surface area contributed by atoms with Gasteiger partial charge in [0.1, 0.15) is 5.82 Å². The zero-order chi connectivity index (χ0) is 20.7. The lowest BCUT2D eigenvalue weighted by molar-refractivity contribution is -0.122. The second kappa shape index (κ2) is 7.58. The van der Waals surface area contributed by atoms with E-state index in [-0.39, 0.29) is 23.7 Å². The molecule has 152 valence electrons. The van der Waals surface area contributed by atoms with E-state index >= 15 is 4.39 Å². The van der Waals surface area contributed by atoms with E-state index in [1.165, 1.54) is 11.0 Å². The summed E-state index contributed by atoms with van der Waals surface area (Å²) >= 11 is 0. The molecule has 1 aliphatic carbocycles. The first-order valence-corrected chi connectivity index (χ1v) is 10.3. The molecular formula is C23H26FN3O2. The van der Waals surface area contributed by atoms with Crippen LogP contribution in [0.1, 0.15) is 55.8 Å². The molecule has 2 aromatic rings. The highest BCUT2D eigenvalue weighted by molar-refractivity contribution is 5.96. The first-order chi connectivity index (χ1) is 13.9. The molecule has 6 heteroatoms. The summed E-state index contributed by atoms with van der Waals surface area (Å²) in [4.78, 5) is 29.9. The van der Waals surface area contributed by atoms with Crippen molar-refractivity contribution in [3.05, 3.63) is 47.0 Å². The van der Waals surface area contributed by atoms with Gasteiger partial charge in [-0.1, -0.05) is 13.8 Å². The lowest BCUT2D eigenvalue weighted by atomic mass is 9.78. The molecule has 1 N–H and O–H groups in total. The van der Waals surface area contributed by atoms with Crippen LogP contribution in [-0.4, -0.2) is 23.8 Å². The highest BCUT2D eigenvalue weighted by atomic mass is 19.1. The maximum atomic E-state index is 15.1. The summed E-state index contributed by atoms with van der Waals surface area (Å²) in [6.45, 7) is 3.96. The number of anilines is 1. The summed E-state index contributed by atoms with van der Waals surface area (Å²) in [5.74, 6) is -0.0453. The Morgan fingerprint density at radius 1 is 1.24 bits per heavy atom. The molecule has 29 heavy (non-hydrogen) atoms. The van der Waals surface area contributed by atoms with Gasteiger partial charge in [-0.05, 0) is 54.0 Å². The quantitative estimate of drug-likeness (QED) is 0.856. The number of fused-ring (bicyclic) bond motifs is 2. The van der Waals surface area contributed by atoms with Crippen LogP contribution in [0.4, 0.5) is 10.1 Å². The van der Waals surface area contributed by atoms with Crippen LogP contribution in [0.15, 0.2) is 24.5 Å². The summed E-state index contributed by atoms with van der Waals surface area (Å²) < 4.78 is 15.1. The highest BCUT2D eigenvalue weighted by Crippen LogP contribution is 2.41. The average molecular weight is 395 g/mol. The molecule has 1 aliphatic heterocycles. The Morgan fingerprint density at radius 2 is 2.03 bits per heavy atom. The van der Waals surface area contributed by atoms with Crippen LogP contribution >= 0.6 is 0 Å². The first-order valence-electron chi connectivity index (χ1n) is 10.3. The van der Waals surface area contributed by atoms with E-state index in [0.29, 0.717) is 36.4 Å². The Kier molecular flexibility index (Phi) is 5.11. The van der Waals surface area contributed by atoms with Crippen LogP contribution in [0.5, 0.6) is 0 Å². The fraction of sp³-hybridized carbons (Fsp3) is 0.435. The maximum absolute atomic E-state index is 15.1. The number of aryl methyl sites for hydroxylation is 1. The summed E-state index contributed by atoms with van der Waals surface area (Å²) in [7, 11) is 1.69. The smallest absolute Gasteiger partial charge is 0.227 e. The van der Waals surface area contributed by atoms with Crippen LogP contribution in [0.3, 0.4) is 0 Å². The first kappa shape index (κ1) is 19.6. The Morgan fingerprint density at radius 3 is 2.79 bits per heavy atom. The van der Waals surface area contributed by atoms with Crippen molar-refractivity contribution in [1.29, 1.82) is 0 Å². The van der Waals surface area contributed by atoms with E-state index < -0.39 is 0 Å². The number of halogens is 1. The molecule has 0 fully saturated rings. The van der Waals surface area contributed by atoms with Gasteiger partial charge < -0.3 is 10.2 Å². The molecule has 0 saturated carbocycles. The van der Waals surface area contributed by atoms with E-state index in [2.05, 4.69) is 17.2 Å². The Hall–Kier alpha value is -2.76. The van der Waals surface area contributed by atoms with Gasteiger partial charge in [0.2, 0.25) is 11.8 Å². The fourth-order valence-electron chi connectivity index (χ4n) is 4.49. The fourth-order valence-corrected chi connectivity index (χ4v) is 4.49. The van der Waals surface area contributed by atoms with Gasteiger partial charge in [0.05, 0.1) is 6.04 Å². The number of benzene rings is 1. The second-order valence-electron chi connectivity index (χ2n) is 8.08. The predicted octanol–water partition coefficient (Wildman–Crippen LogP) is 3.95. The molecule has 0 radical (unpaired) electrons. The van der Waals surface area contributed by atoms with Crippen LogP contribution in [-0.2, 0) is 22.4 Å². The predicted molar refractivity (Wildman–Crippen MR) is 110 cm³/mol. The zero-order valence-corrected chi connectivity index (χ0v) is 17.1. The van der Waals surface area contributed by atoms with Gasteiger partial charge >= 0.3 is 0 Å². The number of aromatic nitrogens is 1. The third kappa shape index (κ3) is 3.41. The Labute approximate surface area is 170 Å². The molecule has 4 rings (SSSR count). The Balaban J connectivity index is 1.80. The van der Waals surface area contributed by atoms with Gasteiger partial charge in [0.15, 0.2) is 0 Å². The van der Waals surface area contributed by atoms with Gasteiger partial charge in [-0.25, -0.2) is 4.39 Å². The van der Waals surface area contributed by atoms with E-state index in [1.54, 1.807) is 19.4 Å². The van der Waals surface area contributed by atoms with E-state index in [9.17, 15) is 9.59 Å². The summed E-state index contributed by atoms with van der Waals surface area (Å²) in [6, 6.07) is 3.22. The van der Waals surface area contributed by atoms with Gasteiger partial charge in [-0.15, -0.1) is 0 Å². The number of rotatable bonds is 3. The number of pyridine rings is 1. The van der Waals surface area contributed by atoms with Crippen molar-refractivity contribution in [2.24, 2.45) is 5.92 Å². The molecule has 0 saturated heterocycles. The molecule has 2 heterocycles. The van der Waals surface area contributed by atoms with Gasteiger partial charge in [-0.3, -0.25) is 14.6 Å². The Bertz CT molecular complexity index is 988. The number of carbonyl (C=O) groups is 2. The molecule has 0 bridgehead atoms. The van der Waals surface area contributed by atoms with Crippen molar-refractivity contribution in [2.45, 2.75) is 52.0 Å². The number of nitrogens with one attached hydrogen (secondary N) is 1. The SMILES string of the molecule is CCC(=O)N[C@@H]1c2cncc(-c3cc4c(cc3F)N(C)C(=O)CC4)c2CCC1C. The van der Waals surface area contributed by atoms with Crippen LogP contribution in [0.2, 0.25) is 0 Å².